The fourth-order valence-corrected chi connectivity index (χ4v) is 2.34. The molecule has 2 rings (SSSR count). The second kappa shape index (κ2) is 9.26. The minimum Gasteiger partial charge on any atom is -0.452 e. The Morgan fingerprint density at radius 3 is 2.32 bits per heavy atom. The summed E-state index contributed by atoms with van der Waals surface area (Å²) in [5, 5.41) is 16.0. The van der Waals surface area contributed by atoms with E-state index in [1.165, 1.54) is 32.0 Å². The summed E-state index contributed by atoms with van der Waals surface area (Å²) in [7, 11) is 0. The van der Waals surface area contributed by atoms with Gasteiger partial charge in [-0.3, -0.25) is 24.5 Å². The molecule has 0 aliphatic carbocycles. The third-order valence-electron chi connectivity index (χ3n) is 3.66. The first-order valence-electron chi connectivity index (χ1n) is 8.36. The SMILES string of the molecule is CC(=O)Nc1ccc(CC(=O)O[C@H](C)C(=O)Nc2ccccc2[N+](=O)[O-])cc1. The van der Waals surface area contributed by atoms with Gasteiger partial charge in [0.1, 0.15) is 5.69 Å². The number of hydrogen-bond donors (Lipinski definition) is 2. The van der Waals surface area contributed by atoms with Crippen molar-refractivity contribution in [1.82, 2.24) is 0 Å². The summed E-state index contributed by atoms with van der Waals surface area (Å²) >= 11 is 0. The Hall–Kier alpha value is -3.75. The molecular weight excluding hydrogens is 366 g/mol. The van der Waals surface area contributed by atoms with Crippen molar-refractivity contribution in [3.8, 4) is 0 Å². The highest BCUT2D eigenvalue weighted by atomic mass is 16.6. The zero-order valence-electron chi connectivity index (χ0n) is 15.3. The van der Waals surface area contributed by atoms with E-state index >= 15 is 0 Å². The summed E-state index contributed by atoms with van der Waals surface area (Å²) in [6, 6.07) is 12.3. The Bertz CT molecular complexity index is 895. The lowest BCUT2D eigenvalue weighted by molar-refractivity contribution is -0.383. The Balaban J connectivity index is 1.92. The maximum absolute atomic E-state index is 12.2. The molecule has 0 bridgehead atoms. The average Bonchev–Trinajstić information content (AvgIpc) is 2.63. The topological polar surface area (TPSA) is 128 Å². The number of ether oxygens (including phenoxy) is 1. The molecule has 28 heavy (non-hydrogen) atoms. The van der Waals surface area contributed by atoms with Crippen LogP contribution in [0.25, 0.3) is 0 Å². The molecule has 0 heterocycles. The number of amides is 2. The molecule has 0 spiro atoms. The van der Waals surface area contributed by atoms with Gasteiger partial charge in [0, 0.05) is 18.7 Å². The predicted molar refractivity (Wildman–Crippen MR) is 102 cm³/mol. The van der Waals surface area contributed by atoms with E-state index in [9.17, 15) is 24.5 Å². The lowest BCUT2D eigenvalue weighted by Crippen LogP contribution is -2.30. The molecule has 0 aromatic heterocycles. The number of anilines is 2. The summed E-state index contributed by atoms with van der Waals surface area (Å²) in [5.41, 5.74) is 1.01. The van der Waals surface area contributed by atoms with Crippen LogP contribution < -0.4 is 10.6 Å². The molecule has 0 fully saturated rings. The van der Waals surface area contributed by atoms with E-state index in [-0.39, 0.29) is 23.7 Å². The van der Waals surface area contributed by atoms with Crippen LogP contribution in [-0.4, -0.2) is 28.8 Å². The second-order valence-electron chi connectivity index (χ2n) is 5.95. The molecule has 2 amide bonds. The van der Waals surface area contributed by atoms with Crippen molar-refractivity contribution in [2.24, 2.45) is 0 Å². The third-order valence-corrected chi connectivity index (χ3v) is 3.66. The van der Waals surface area contributed by atoms with Gasteiger partial charge >= 0.3 is 5.97 Å². The molecule has 2 aromatic rings. The number of nitro benzene ring substituents is 1. The predicted octanol–water partition coefficient (Wildman–Crippen LogP) is 2.67. The van der Waals surface area contributed by atoms with Gasteiger partial charge in [-0.15, -0.1) is 0 Å². The van der Waals surface area contributed by atoms with Crippen LogP contribution in [0.5, 0.6) is 0 Å². The lowest BCUT2D eigenvalue weighted by Gasteiger charge is -2.14. The van der Waals surface area contributed by atoms with Gasteiger partial charge in [0.2, 0.25) is 5.91 Å². The quantitative estimate of drug-likeness (QED) is 0.428. The lowest BCUT2D eigenvalue weighted by atomic mass is 10.1. The van der Waals surface area contributed by atoms with E-state index in [0.717, 1.165) is 0 Å². The zero-order valence-corrected chi connectivity index (χ0v) is 15.3. The van der Waals surface area contributed by atoms with Crippen LogP contribution in [-0.2, 0) is 25.5 Å². The molecule has 146 valence electrons. The summed E-state index contributed by atoms with van der Waals surface area (Å²) < 4.78 is 5.09. The summed E-state index contributed by atoms with van der Waals surface area (Å²) in [6.45, 7) is 2.77. The number of nitrogens with zero attached hydrogens (tertiary/aromatic N) is 1. The highest BCUT2D eigenvalue weighted by Crippen LogP contribution is 2.23. The van der Waals surface area contributed by atoms with Crippen LogP contribution >= 0.6 is 0 Å². The normalized spacial score (nSPS) is 11.2. The Morgan fingerprint density at radius 1 is 1.07 bits per heavy atom. The number of nitro groups is 1. The van der Waals surface area contributed by atoms with Crippen molar-refractivity contribution in [2.75, 3.05) is 10.6 Å². The molecule has 0 unspecified atom stereocenters. The molecule has 0 aliphatic rings. The largest absolute Gasteiger partial charge is 0.452 e. The van der Waals surface area contributed by atoms with Gasteiger partial charge < -0.3 is 15.4 Å². The number of nitrogens with one attached hydrogen (secondary N) is 2. The molecular formula is C19H19N3O6. The van der Waals surface area contributed by atoms with Gasteiger partial charge in [0.25, 0.3) is 11.6 Å². The van der Waals surface area contributed by atoms with Crippen LogP contribution in [0.3, 0.4) is 0 Å². The first-order valence-corrected chi connectivity index (χ1v) is 8.36. The van der Waals surface area contributed by atoms with E-state index in [1.54, 1.807) is 30.3 Å². The van der Waals surface area contributed by atoms with Crippen molar-refractivity contribution in [1.29, 1.82) is 0 Å². The van der Waals surface area contributed by atoms with Crippen LogP contribution in [0.1, 0.15) is 19.4 Å². The molecule has 0 radical (unpaired) electrons. The van der Waals surface area contributed by atoms with Crippen molar-refractivity contribution >= 4 is 34.8 Å². The number of benzene rings is 2. The van der Waals surface area contributed by atoms with E-state index in [4.69, 9.17) is 4.74 Å². The van der Waals surface area contributed by atoms with Crippen molar-refractivity contribution in [2.45, 2.75) is 26.4 Å². The number of rotatable bonds is 7. The van der Waals surface area contributed by atoms with Gasteiger partial charge in [-0.05, 0) is 30.7 Å². The number of esters is 1. The molecule has 2 N–H and O–H groups in total. The molecule has 9 nitrogen and oxygen atoms in total. The van der Waals surface area contributed by atoms with Gasteiger partial charge in [0.05, 0.1) is 11.3 Å². The van der Waals surface area contributed by atoms with Gasteiger partial charge in [-0.2, -0.15) is 0 Å². The van der Waals surface area contributed by atoms with Gasteiger partial charge in [0.15, 0.2) is 6.10 Å². The van der Waals surface area contributed by atoms with Crippen LogP contribution in [0.2, 0.25) is 0 Å². The standard InChI is InChI=1S/C19H19N3O6/c1-12(19(25)21-16-5-3-4-6-17(16)22(26)27)28-18(24)11-14-7-9-15(10-8-14)20-13(2)23/h3-10,12H,11H2,1-2H3,(H,20,23)(H,21,25)/t12-/m1/s1. The number of carbonyl (C=O) groups is 3. The maximum Gasteiger partial charge on any atom is 0.311 e. The monoisotopic (exact) mass is 385 g/mol. The fourth-order valence-electron chi connectivity index (χ4n) is 2.34. The number of para-hydroxylation sites is 2. The van der Waals surface area contributed by atoms with Crippen LogP contribution in [0.4, 0.5) is 17.1 Å². The van der Waals surface area contributed by atoms with E-state index in [2.05, 4.69) is 10.6 Å². The summed E-state index contributed by atoms with van der Waals surface area (Å²) in [4.78, 5) is 45.6. The summed E-state index contributed by atoms with van der Waals surface area (Å²) in [5.74, 6) is -1.51. The average molecular weight is 385 g/mol. The molecule has 0 aliphatic heterocycles. The van der Waals surface area contributed by atoms with E-state index in [1.807, 2.05) is 0 Å². The maximum atomic E-state index is 12.2. The Morgan fingerprint density at radius 2 is 1.71 bits per heavy atom. The zero-order chi connectivity index (χ0) is 20.7. The minimum atomic E-state index is -1.13. The van der Waals surface area contributed by atoms with Crippen LogP contribution in [0.15, 0.2) is 48.5 Å². The third kappa shape index (κ3) is 5.90. The molecule has 0 saturated carbocycles. The fraction of sp³-hybridized carbons (Fsp3) is 0.211. The smallest absolute Gasteiger partial charge is 0.311 e. The first kappa shape index (κ1) is 20.6. The number of hydrogen-bond acceptors (Lipinski definition) is 6. The van der Waals surface area contributed by atoms with E-state index < -0.39 is 22.9 Å². The van der Waals surface area contributed by atoms with Gasteiger partial charge in [-0.1, -0.05) is 24.3 Å². The molecule has 2 aromatic carbocycles. The highest BCUT2D eigenvalue weighted by molar-refractivity contribution is 5.97. The Kier molecular flexibility index (Phi) is 6.80. The Labute approximate surface area is 160 Å². The van der Waals surface area contributed by atoms with Gasteiger partial charge in [-0.25, -0.2) is 0 Å². The minimum absolute atomic E-state index is 0.0222. The van der Waals surface area contributed by atoms with Crippen molar-refractivity contribution in [3.05, 3.63) is 64.2 Å². The van der Waals surface area contributed by atoms with Crippen LogP contribution in [0, 0.1) is 10.1 Å². The molecule has 9 heteroatoms. The van der Waals surface area contributed by atoms with E-state index in [0.29, 0.717) is 11.3 Å². The molecule has 0 saturated heterocycles. The van der Waals surface area contributed by atoms with Crippen molar-refractivity contribution in [3.63, 3.8) is 0 Å². The molecule has 1 atom stereocenters. The first-order chi connectivity index (χ1) is 13.3. The highest BCUT2D eigenvalue weighted by Gasteiger charge is 2.21. The summed E-state index contributed by atoms with van der Waals surface area (Å²) in [6.07, 6.45) is -1.20. The van der Waals surface area contributed by atoms with Crippen molar-refractivity contribution < 1.29 is 24.0 Å². The second-order valence-corrected chi connectivity index (χ2v) is 5.95. The number of carbonyl (C=O) groups excluding carboxylic acids is 3.